The number of aryl methyl sites for hydroxylation is 1. The van der Waals surface area contributed by atoms with Gasteiger partial charge in [0.15, 0.2) is 5.43 Å². The van der Waals surface area contributed by atoms with Crippen LogP contribution in [0.15, 0.2) is 80.4 Å². The van der Waals surface area contributed by atoms with Gasteiger partial charge in [-0.15, -0.1) is 0 Å². The van der Waals surface area contributed by atoms with E-state index in [9.17, 15) is 19.7 Å². The molecule has 1 unspecified atom stereocenters. The maximum absolute atomic E-state index is 13.6. The summed E-state index contributed by atoms with van der Waals surface area (Å²) >= 11 is 3.42. The largest absolute Gasteiger partial charge is 0.450 e. The molecule has 5 rings (SSSR count). The summed E-state index contributed by atoms with van der Waals surface area (Å²) in [6, 6.07) is 17.4. The van der Waals surface area contributed by atoms with Crippen LogP contribution >= 0.6 is 15.9 Å². The molecule has 8 heteroatoms. The van der Waals surface area contributed by atoms with Gasteiger partial charge in [0.25, 0.3) is 11.6 Å². The van der Waals surface area contributed by atoms with Gasteiger partial charge in [0.1, 0.15) is 5.58 Å². The third-order valence-electron chi connectivity index (χ3n) is 5.51. The van der Waals surface area contributed by atoms with E-state index in [1.807, 2.05) is 13.0 Å². The summed E-state index contributed by atoms with van der Waals surface area (Å²) in [5.41, 5.74) is 1.91. The van der Waals surface area contributed by atoms with Crippen LogP contribution in [0, 0.1) is 17.0 Å². The van der Waals surface area contributed by atoms with Crippen LogP contribution in [-0.4, -0.2) is 10.8 Å². The number of non-ortho nitro benzene ring substituents is 1. The van der Waals surface area contributed by atoms with E-state index in [-0.39, 0.29) is 22.4 Å². The van der Waals surface area contributed by atoms with E-state index in [0.29, 0.717) is 22.2 Å². The van der Waals surface area contributed by atoms with Crippen molar-refractivity contribution < 1.29 is 14.1 Å². The van der Waals surface area contributed by atoms with Gasteiger partial charge in [-0.1, -0.05) is 45.8 Å². The van der Waals surface area contributed by atoms with Gasteiger partial charge in [0.05, 0.1) is 21.9 Å². The Labute approximate surface area is 190 Å². The number of carbonyl (C=O) groups excluding carboxylic acids is 1. The lowest BCUT2D eigenvalue weighted by molar-refractivity contribution is -0.384. The van der Waals surface area contributed by atoms with Crippen LogP contribution in [0.1, 0.15) is 33.3 Å². The van der Waals surface area contributed by atoms with Gasteiger partial charge in [-0.25, -0.2) is 0 Å². The molecule has 0 bridgehead atoms. The molecule has 32 heavy (non-hydrogen) atoms. The molecule has 2 heterocycles. The van der Waals surface area contributed by atoms with Crippen LogP contribution in [0.2, 0.25) is 0 Å². The lowest BCUT2D eigenvalue weighted by Crippen LogP contribution is -2.29. The number of amides is 1. The van der Waals surface area contributed by atoms with Crippen LogP contribution in [0.4, 0.5) is 11.4 Å². The molecule has 1 aliphatic heterocycles. The zero-order valence-corrected chi connectivity index (χ0v) is 18.3. The molecule has 7 nitrogen and oxygen atoms in total. The molecular formula is C24H15BrN2O5. The first-order chi connectivity index (χ1) is 15.3. The predicted octanol–water partition coefficient (Wildman–Crippen LogP) is 5.52. The number of halogens is 1. The number of carbonyl (C=O) groups is 1. The Kier molecular flexibility index (Phi) is 4.67. The summed E-state index contributed by atoms with van der Waals surface area (Å²) in [6.07, 6.45) is 0. The maximum atomic E-state index is 13.6. The van der Waals surface area contributed by atoms with E-state index < -0.39 is 16.9 Å². The van der Waals surface area contributed by atoms with Crippen LogP contribution < -0.4 is 10.3 Å². The predicted molar refractivity (Wildman–Crippen MR) is 123 cm³/mol. The first-order valence-electron chi connectivity index (χ1n) is 9.76. The van der Waals surface area contributed by atoms with Crippen LogP contribution in [0.3, 0.4) is 0 Å². The van der Waals surface area contributed by atoms with E-state index in [0.717, 1.165) is 10.0 Å². The van der Waals surface area contributed by atoms with Gasteiger partial charge in [0.2, 0.25) is 5.76 Å². The molecule has 0 saturated heterocycles. The second-order valence-electron chi connectivity index (χ2n) is 7.58. The fourth-order valence-corrected chi connectivity index (χ4v) is 4.49. The fourth-order valence-electron chi connectivity index (χ4n) is 4.10. The second-order valence-corrected chi connectivity index (χ2v) is 8.50. The molecule has 158 valence electrons. The average molecular weight is 491 g/mol. The van der Waals surface area contributed by atoms with Gasteiger partial charge in [0, 0.05) is 22.3 Å². The van der Waals surface area contributed by atoms with E-state index in [1.165, 1.54) is 17.0 Å². The molecule has 3 aromatic carbocycles. The molecule has 1 amide bonds. The Morgan fingerprint density at radius 2 is 1.81 bits per heavy atom. The Balaban J connectivity index is 1.83. The summed E-state index contributed by atoms with van der Waals surface area (Å²) in [5.74, 6) is -0.531. The van der Waals surface area contributed by atoms with E-state index in [2.05, 4.69) is 15.9 Å². The number of fused-ring (bicyclic) bond motifs is 2. The smallest absolute Gasteiger partial charge is 0.295 e. The third kappa shape index (κ3) is 3.11. The molecule has 0 aliphatic carbocycles. The van der Waals surface area contributed by atoms with Crippen molar-refractivity contribution in [2.24, 2.45) is 0 Å². The standard InChI is InChI=1S/C24H15BrN2O5/c1-13-8-9-19-18(10-13)22(28)20-21(14-4-2-7-17(11-14)27(30)31)26(24(29)23(20)32-19)16-6-3-5-15(25)12-16/h2-12,21H,1H3. The molecule has 1 aliphatic rings. The number of hydrogen-bond donors (Lipinski definition) is 0. The summed E-state index contributed by atoms with van der Waals surface area (Å²) < 4.78 is 6.67. The Morgan fingerprint density at radius 1 is 1.03 bits per heavy atom. The lowest BCUT2D eigenvalue weighted by atomic mass is 9.97. The lowest BCUT2D eigenvalue weighted by Gasteiger charge is -2.25. The van der Waals surface area contributed by atoms with E-state index >= 15 is 0 Å². The van der Waals surface area contributed by atoms with Crippen molar-refractivity contribution in [3.05, 3.63) is 114 Å². The summed E-state index contributed by atoms with van der Waals surface area (Å²) in [6.45, 7) is 1.86. The van der Waals surface area contributed by atoms with Crippen LogP contribution in [-0.2, 0) is 0 Å². The molecule has 1 aromatic heterocycles. The van der Waals surface area contributed by atoms with Gasteiger partial charge >= 0.3 is 0 Å². The van der Waals surface area contributed by atoms with E-state index in [1.54, 1.807) is 48.5 Å². The monoisotopic (exact) mass is 490 g/mol. The molecule has 4 aromatic rings. The molecular weight excluding hydrogens is 476 g/mol. The van der Waals surface area contributed by atoms with Gasteiger partial charge in [-0.3, -0.25) is 24.6 Å². The molecule has 1 atom stereocenters. The minimum Gasteiger partial charge on any atom is -0.450 e. The van der Waals surface area contributed by atoms with Gasteiger partial charge < -0.3 is 4.42 Å². The Hall–Kier alpha value is -3.78. The van der Waals surface area contributed by atoms with E-state index in [4.69, 9.17) is 4.42 Å². The number of hydrogen-bond acceptors (Lipinski definition) is 5. The zero-order valence-electron chi connectivity index (χ0n) is 16.7. The third-order valence-corrected chi connectivity index (χ3v) is 6.00. The Bertz CT molecular complexity index is 1490. The second kappa shape index (κ2) is 7.42. The number of anilines is 1. The van der Waals surface area contributed by atoms with Crippen LogP contribution in [0.25, 0.3) is 11.0 Å². The van der Waals surface area contributed by atoms with Gasteiger partial charge in [-0.2, -0.15) is 0 Å². The van der Waals surface area contributed by atoms with Crippen molar-refractivity contribution in [2.45, 2.75) is 13.0 Å². The highest BCUT2D eigenvalue weighted by atomic mass is 79.9. The molecule has 0 N–H and O–H groups in total. The minimum absolute atomic E-state index is 0.0529. The van der Waals surface area contributed by atoms with Crippen molar-refractivity contribution in [1.29, 1.82) is 0 Å². The molecule has 0 saturated carbocycles. The maximum Gasteiger partial charge on any atom is 0.295 e. The highest BCUT2D eigenvalue weighted by Gasteiger charge is 2.44. The zero-order chi connectivity index (χ0) is 22.6. The van der Waals surface area contributed by atoms with Gasteiger partial charge in [-0.05, 0) is 42.8 Å². The normalized spacial score (nSPS) is 15.2. The quantitative estimate of drug-likeness (QED) is 0.278. The first kappa shape index (κ1) is 20.1. The topological polar surface area (TPSA) is 93.7 Å². The highest BCUT2D eigenvalue weighted by molar-refractivity contribution is 9.10. The molecule has 0 radical (unpaired) electrons. The van der Waals surface area contributed by atoms with Crippen LogP contribution in [0.5, 0.6) is 0 Å². The number of nitrogens with zero attached hydrogens (tertiary/aromatic N) is 2. The SMILES string of the molecule is Cc1ccc2oc3c(c(=O)c2c1)C(c1cccc([N+](=O)[O-])c1)N(c1cccc(Br)c1)C3=O. The molecule has 0 spiro atoms. The average Bonchev–Trinajstić information content (AvgIpc) is 3.07. The summed E-state index contributed by atoms with van der Waals surface area (Å²) in [5, 5.41) is 11.8. The Morgan fingerprint density at radius 3 is 2.56 bits per heavy atom. The number of nitro benzene ring substituents is 1. The summed E-state index contributed by atoms with van der Waals surface area (Å²) in [7, 11) is 0. The first-order valence-corrected chi connectivity index (χ1v) is 10.6. The van der Waals surface area contributed by atoms with Crippen molar-refractivity contribution in [2.75, 3.05) is 4.90 Å². The number of benzene rings is 3. The number of nitro groups is 1. The van der Waals surface area contributed by atoms with Crippen molar-refractivity contribution in [1.82, 2.24) is 0 Å². The highest BCUT2D eigenvalue weighted by Crippen LogP contribution is 2.42. The van der Waals surface area contributed by atoms with Crippen molar-refractivity contribution in [3.8, 4) is 0 Å². The minimum atomic E-state index is -0.868. The van der Waals surface area contributed by atoms with Crippen molar-refractivity contribution >= 4 is 44.2 Å². The number of rotatable bonds is 3. The summed E-state index contributed by atoms with van der Waals surface area (Å²) in [4.78, 5) is 39.4. The van der Waals surface area contributed by atoms with Crippen molar-refractivity contribution in [3.63, 3.8) is 0 Å². The molecule has 0 fully saturated rings. The fraction of sp³-hybridized carbons (Fsp3) is 0.0833.